The Labute approximate surface area is 76.0 Å². The van der Waals surface area contributed by atoms with Crippen LogP contribution in [0.5, 0.6) is 0 Å². The molecule has 0 spiro atoms. The quantitative estimate of drug-likeness (QED) is 0.526. The lowest BCUT2D eigenvalue weighted by atomic mass is 10.1. The van der Waals surface area contributed by atoms with E-state index in [0.29, 0.717) is 5.57 Å². The van der Waals surface area contributed by atoms with Crippen LogP contribution >= 0.6 is 11.3 Å². The number of nitrogens with zero attached hydrogens (tertiary/aromatic N) is 1. The summed E-state index contributed by atoms with van der Waals surface area (Å²) in [5.74, 6) is 0. The van der Waals surface area contributed by atoms with Crippen molar-refractivity contribution in [2.75, 3.05) is 0 Å². The fourth-order valence-electron chi connectivity index (χ4n) is 0.899. The maximum atomic E-state index is 10.2. The van der Waals surface area contributed by atoms with Crippen molar-refractivity contribution in [2.45, 2.75) is 19.8 Å². The van der Waals surface area contributed by atoms with E-state index in [-0.39, 0.29) is 0 Å². The van der Waals surface area contributed by atoms with E-state index < -0.39 is 0 Å². The first-order valence-corrected chi connectivity index (χ1v) is 4.64. The average Bonchev–Trinajstić information content (AvgIpc) is 2.47. The summed E-state index contributed by atoms with van der Waals surface area (Å²) < 4.78 is 0. The van der Waals surface area contributed by atoms with Crippen LogP contribution in [0.2, 0.25) is 0 Å². The van der Waals surface area contributed by atoms with E-state index in [9.17, 15) is 4.79 Å². The van der Waals surface area contributed by atoms with Crippen LogP contribution in [-0.4, -0.2) is 11.3 Å². The molecule has 0 aliphatic heterocycles. The summed E-state index contributed by atoms with van der Waals surface area (Å²) in [7, 11) is 0. The number of aryl methyl sites for hydroxylation is 2. The first-order valence-electron chi connectivity index (χ1n) is 3.76. The molecule has 1 aromatic heterocycles. The van der Waals surface area contributed by atoms with Crippen LogP contribution in [0, 0.1) is 6.92 Å². The van der Waals surface area contributed by atoms with Gasteiger partial charge in [-0.25, -0.2) is 4.98 Å². The lowest BCUT2D eigenvalue weighted by molar-refractivity contribution is -0.105. The number of allylic oxidation sites excluding steroid dienone is 1. The molecule has 0 aliphatic rings. The van der Waals surface area contributed by atoms with Gasteiger partial charge in [-0.05, 0) is 25.3 Å². The Kier molecular flexibility index (Phi) is 3.17. The molecule has 0 aromatic carbocycles. The zero-order valence-corrected chi connectivity index (χ0v) is 7.86. The topological polar surface area (TPSA) is 30.0 Å². The standard InChI is InChI=1S/C9H11NOS/c1-7(5-11)3-4-9-8(2)10-6-12-9/h5-6H,1,3-4H2,2H3. The molecule has 0 radical (unpaired) electrons. The number of hydrogen-bond donors (Lipinski definition) is 0. The minimum absolute atomic E-state index is 0.655. The van der Waals surface area contributed by atoms with Crippen molar-refractivity contribution in [2.24, 2.45) is 0 Å². The normalized spacial score (nSPS) is 9.75. The van der Waals surface area contributed by atoms with Crippen molar-refractivity contribution in [1.29, 1.82) is 0 Å². The van der Waals surface area contributed by atoms with Gasteiger partial charge in [0.05, 0.1) is 11.2 Å². The number of carbonyl (C=O) groups is 1. The number of thiazole rings is 1. The van der Waals surface area contributed by atoms with Crippen molar-refractivity contribution >= 4 is 17.6 Å². The minimum atomic E-state index is 0.655. The van der Waals surface area contributed by atoms with Gasteiger partial charge in [0.15, 0.2) is 0 Å². The van der Waals surface area contributed by atoms with Gasteiger partial charge in [-0.3, -0.25) is 4.79 Å². The summed E-state index contributed by atoms with van der Waals surface area (Å²) in [5.41, 5.74) is 3.55. The lowest BCUT2D eigenvalue weighted by Crippen LogP contribution is -1.88. The molecule has 3 heteroatoms. The van der Waals surface area contributed by atoms with Gasteiger partial charge in [0.2, 0.25) is 0 Å². The summed E-state index contributed by atoms with van der Waals surface area (Å²) in [4.78, 5) is 15.6. The molecule has 0 amide bonds. The van der Waals surface area contributed by atoms with Gasteiger partial charge in [0, 0.05) is 4.88 Å². The molecular weight excluding hydrogens is 170 g/mol. The molecule has 0 bridgehead atoms. The number of aromatic nitrogens is 1. The van der Waals surface area contributed by atoms with Gasteiger partial charge in [-0.2, -0.15) is 0 Å². The fourth-order valence-corrected chi connectivity index (χ4v) is 1.68. The Morgan fingerprint density at radius 3 is 3.08 bits per heavy atom. The van der Waals surface area contributed by atoms with Crippen molar-refractivity contribution in [1.82, 2.24) is 4.98 Å². The van der Waals surface area contributed by atoms with E-state index in [1.54, 1.807) is 11.3 Å². The third-order valence-corrected chi connectivity index (χ3v) is 2.68. The van der Waals surface area contributed by atoms with E-state index in [1.165, 1.54) is 4.88 Å². The van der Waals surface area contributed by atoms with Gasteiger partial charge in [0.1, 0.15) is 6.29 Å². The van der Waals surface area contributed by atoms with Crippen LogP contribution in [0.3, 0.4) is 0 Å². The third kappa shape index (κ3) is 2.27. The average molecular weight is 181 g/mol. The second-order valence-electron chi connectivity index (χ2n) is 2.64. The Morgan fingerprint density at radius 1 is 1.83 bits per heavy atom. The Morgan fingerprint density at radius 2 is 2.58 bits per heavy atom. The highest BCUT2D eigenvalue weighted by Gasteiger charge is 2.01. The van der Waals surface area contributed by atoms with E-state index >= 15 is 0 Å². The highest BCUT2D eigenvalue weighted by molar-refractivity contribution is 7.09. The van der Waals surface area contributed by atoms with Crippen molar-refractivity contribution in [3.05, 3.63) is 28.2 Å². The highest BCUT2D eigenvalue weighted by Crippen LogP contribution is 2.15. The zero-order valence-electron chi connectivity index (χ0n) is 7.04. The predicted octanol–water partition coefficient (Wildman–Crippen LogP) is 2.14. The zero-order chi connectivity index (χ0) is 8.97. The molecule has 0 aliphatic carbocycles. The molecule has 0 fully saturated rings. The minimum Gasteiger partial charge on any atom is -0.298 e. The van der Waals surface area contributed by atoms with Crippen LogP contribution in [0.4, 0.5) is 0 Å². The molecule has 0 unspecified atom stereocenters. The molecule has 64 valence electrons. The van der Waals surface area contributed by atoms with Crippen molar-refractivity contribution in [3.63, 3.8) is 0 Å². The molecule has 12 heavy (non-hydrogen) atoms. The SMILES string of the molecule is C=C(C=O)CCc1scnc1C. The molecule has 0 N–H and O–H groups in total. The van der Waals surface area contributed by atoms with Gasteiger partial charge >= 0.3 is 0 Å². The Hall–Kier alpha value is -0.960. The predicted molar refractivity (Wildman–Crippen MR) is 50.4 cm³/mol. The lowest BCUT2D eigenvalue weighted by Gasteiger charge is -1.96. The first kappa shape index (κ1) is 9.13. The largest absolute Gasteiger partial charge is 0.298 e. The van der Waals surface area contributed by atoms with Crippen LogP contribution in [0.15, 0.2) is 17.7 Å². The Bertz CT molecular complexity index is 290. The van der Waals surface area contributed by atoms with Crippen LogP contribution in [-0.2, 0) is 11.2 Å². The fraction of sp³-hybridized carbons (Fsp3) is 0.333. The molecule has 1 rings (SSSR count). The highest BCUT2D eigenvalue weighted by atomic mass is 32.1. The van der Waals surface area contributed by atoms with Gasteiger partial charge in [-0.15, -0.1) is 11.3 Å². The van der Waals surface area contributed by atoms with E-state index in [2.05, 4.69) is 11.6 Å². The number of rotatable bonds is 4. The molecule has 0 atom stereocenters. The molecule has 0 saturated carbocycles. The maximum absolute atomic E-state index is 10.2. The smallest absolute Gasteiger partial charge is 0.145 e. The molecule has 1 aromatic rings. The van der Waals surface area contributed by atoms with Crippen LogP contribution in [0.1, 0.15) is 17.0 Å². The molecule has 1 heterocycles. The monoisotopic (exact) mass is 181 g/mol. The summed E-state index contributed by atoms with van der Waals surface area (Å²) in [5, 5.41) is 0. The van der Waals surface area contributed by atoms with E-state index in [1.807, 2.05) is 12.4 Å². The van der Waals surface area contributed by atoms with Crippen molar-refractivity contribution < 1.29 is 4.79 Å². The summed E-state index contributed by atoms with van der Waals surface area (Å²) in [6.45, 7) is 5.60. The number of aldehydes is 1. The van der Waals surface area contributed by atoms with E-state index in [4.69, 9.17) is 0 Å². The van der Waals surface area contributed by atoms with Gasteiger partial charge < -0.3 is 0 Å². The number of hydrogen-bond acceptors (Lipinski definition) is 3. The van der Waals surface area contributed by atoms with E-state index in [0.717, 1.165) is 24.8 Å². The van der Waals surface area contributed by atoms with Crippen LogP contribution < -0.4 is 0 Å². The molecule has 0 saturated heterocycles. The second kappa shape index (κ2) is 4.16. The number of carbonyl (C=O) groups excluding carboxylic acids is 1. The summed E-state index contributed by atoms with van der Waals surface area (Å²) in [6, 6.07) is 0. The van der Waals surface area contributed by atoms with Crippen molar-refractivity contribution in [3.8, 4) is 0 Å². The third-order valence-electron chi connectivity index (χ3n) is 1.68. The summed E-state index contributed by atoms with van der Waals surface area (Å²) >= 11 is 1.63. The van der Waals surface area contributed by atoms with Gasteiger partial charge in [-0.1, -0.05) is 6.58 Å². The maximum Gasteiger partial charge on any atom is 0.145 e. The summed E-state index contributed by atoms with van der Waals surface area (Å²) in [6.07, 6.45) is 2.44. The molecule has 2 nitrogen and oxygen atoms in total. The first-order chi connectivity index (χ1) is 5.74. The Balaban J connectivity index is 2.48. The second-order valence-corrected chi connectivity index (χ2v) is 3.58. The molecular formula is C9H11NOS. The van der Waals surface area contributed by atoms with Crippen LogP contribution in [0.25, 0.3) is 0 Å². The van der Waals surface area contributed by atoms with Gasteiger partial charge in [0.25, 0.3) is 0 Å².